The van der Waals surface area contributed by atoms with Crippen molar-refractivity contribution < 1.29 is 14.7 Å². The fourth-order valence-corrected chi connectivity index (χ4v) is 3.02. The Morgan fingerprint density at radius 3 is 2.42 bits per heavy atom. The average Bonchev–Trinajstić information content (AvgIpc) is 3.10. The molecule has 0 aliphatic rings. The molecule has 2 amide bonds. The highest BCUT2D eigenvalue weighted by Crippen LogP contribution is 2.29. The number of hydrogen-bond acceptors (Lipinski definition) is 7. The maximum absolute atomic E-state index is 12.6. The molecule has 0 bridgehead atoms. The predicted molar refractivity (Wildman–Crippen MR) is 128 cm³/mol. The molecule has 0 saturated carbocycles. The molecule has 0 fully saturated rings. The van der Waals surface area contributed by atoms with E-state index in [1.54, 1.807) is 19.1 Å². The van der Waals surface area contributed by atoms with E-state index in [2.05, 4.69) is 15.4 Å². The highest BCUT2D eigenvalue weighted by Gasteiger charge is 2.24. The van der Waals surface area contributed by atoms with Crippen LogP contribution in [0.4, 0.5) is 5.82 Å². The van der Waals surface area contributed by atoms with Crippen LogP contribution in [-0.4, -0.2) is 37.4 Å². The largest absolute Gasteiger partial charge is 0.494 e. The molecule has 0 aliphatic heterocycles. The Bertz CT molecular complexity index is 1080. The minimum absolute atomic E-state index is 0.0714. The van der Waals surface area contributed by atoms with Crippen molar-refractivity contribution in [1.29, 1.82) is 5.41 Å². The average molecular weight is 456 g/mol. The van der Waals surface area contributed by atoms with E-state index in [1.165, 1.54) is 17.0 Å². The maximum Gasteiger partial charge on any atom is 0.254 e. The molecule has 2 rings (SSSR count). The maximum atomic E-state index is 12.6. The van der Waals surface area contributed by atoms with E-state index < -0.39 is 29.0 Å². The van der Waals surface area contributed by atoms with Crippen molar-refractivity contribution in [2.75, 3.05) is 5.73 Å². The summed E-state index contributed by atoms with van der Waals surface area (Å²) < 4.78 is 1.52. The number of nitrogens with two attached hydrogens (primary N) is 2. The van der Waals surface area contributed by atoms with Crippen LogP contribution in [0.3, 0.4) is 0 Å². The SMILES string of the molecule is CCC(C)(C)C(=N)/C=C(\O)NC(=O)C(C)c1ccc(-c2nn(C(C)C)c(N)c2C(N)=O)cn1. The number of amides is 2. The van der Waals surface area contributed by atoms with Gasteiger partial charge < -0.3 is 22.0 Å². The van der Waals surface area contributed by atoms with E-state index in [-0.39, 0.29) is 23.1 Å². The zero-order chi connectivity index (χ0) is 25.1. The van der Waals surface area contributed by atoms with E-state index in [1.807, 2.05) is 34.6 Å². The molecule has 1 atom stereocenters. The fourth-order valence-electron chi connectivity index (χ4n) is 3.02. The van der Waals surface area contributed by atoms with Crippen LogP contribution in [0.1, 0.15) is 76.0 Å². The van der Waals surface area contributed by atoms with Gasteiger partial charge in [0.05, 0.1) is 11.6 Å². The molecule has 10 nitrogen and oxygen atoms in total. The minimum atomic E-state index is -0.690. The molecule has 7 N–H and O–H groups in total. The molecule has 0 aliphatic carbocycles. The van der Waals surface area contributed by atoms with Crippen LogP contribution >= 0.6 is 0 Å². The summed E-state index contributed by atoms with van der Waals surface area (Å²) in [4.78, 5) is 28.8. The third kappa shape index (κ3) is 5.57. The molecular weight excluding hydrogens is 422 g/mol. The monoisotopic (exact) mass is 455 g/mol. The van der Waals surface area contributed by atoms with Crippen molar-refractivity contribution in [2.24, 2.45) is 11.1 Å². The number of carbonyl (C=O) groups excluding carboxylic acids is 2. The van der Waals surface area contributed by atoms with Crippen LogP contribution in [0.2, 0.25) is 0 Å². The second kappa shape index (κ2) is 9.85. The van der Waals surface area contributed by atoms with Crippen LogP contribution in [-0.2, 0) is 4.79 Å². The van der Waals surface area contributed by atoms with Crippen LogP contribution < -0.4 is 16.8 Å². The lowest BCUT2D eigenvalue weighted by molar-refractivity contribution is -0.122. The number of anilines is 1. The highest BCUT2D eigenvalue weighted by molar-refractivity contribution is 6.03. The minimum Gasteiger partial charge on any atom is -0.494 e. The number of aliphatic hydroxyl groups excluding tert-OH is 1. The van der Waals surface area contributed by atoms with Gasteiger partial charge in [0.25, 0.3) is 5.91 Å². The lowest BCUT2D eigenvalue weighted by Crippen LogP contribution is -2.29. The van der Waals surface area contributed by atoms with Crippen LogP contribution in [0.15, 0.2) is 30.3 Å². The summed E-state index contributed by atoms with van der Waals surface area (Å²) in [5, 5.41) is 25.0. The third-order valence-corrected chi connectivity index (χ3v) is 5.73. The van der Waals surface area contributed by atoms with Gasteiger partial charge in [0.1, 0.15) is 17.1 Å². The summed E-state index contributed by atoms with van der Waals surface area (Å²) in [6.07, 6.45) is 3.45. The van der Waals surface area contributed by atoms with Crippen molar-refractivity contribution in [2.45, 2.75) is 59.9 Å². The number of allylic oxidation sites excluding steroid dienone is 1. The molecule has 1 unspecified atom stereocenters. The predicted octanol–water partition coefficient (Wildman–Crippen LogP) is 3.28. The van der Waals surface area contributed by atoms with E-state index >= 15 is 0 Å². The molecule has 0 aromatic carbocycles. The number of rotatable bonds is 9. The van der Waals surface area contributed by atoms with Gasteiger partial charge in [-0.3, -0.25) is 19.9 Å². The van der Waals surface area contributed by atoms with Gasteiger partial charge in [-0.15, -0.1) is 0 Å². The standard InChI is InChI=1S/C23H33N7O3/c1-7-23(5,6)16(24)10-17(31)28-22(33)13(4)15-9-8-14(11-27-15)19-18(21(26)32)20(25)30(29-19)12(2)3/h8-13,24,31H,7,25H2,1-6H3,(H2,26,32)(H,28,33)/b17-10-,24-16?. The second-order valence-corrected chi connectivity index (χ2v) is 8.87. The summed E-state index contributed by atoms with van der Waals surface area (Å²) in [7, 11) is 0. The van der Waals surface area contributed by atoms with E-state index in [4.69, 9.17) is 16.9 Å². The number of primary amides is 1. The first kappa shape index (κ1) is 25.6. The fraction of sp³-hybridized carbons (Fsp3) is 0.435. The molecule has 178 valence electrons. The summed E-state index contributed by atoms with van der Waals surface area (Å²) in [6, 6.07) is 3.25. The van der Waals surface area contributed by atoms with Gasteiger partial charge in [0.2, 0.25) is 5.91 Å². The Morgan fingerprint density at radius 1 is 1.30 bits per heavy atom. The third-order valence-electron chi connectivity index (χ3n) is 5.73. The molecule has 0 saturated heterocycles. The molecule has 2 heterocycles. The van der Waals surface area contributed by atoms with Crippen LogP contribution in [0.5, 0.6) is 0 Å². The van der Waals surface area contributed by atoms with Gasteiger partial charge in [0.15, 0.2) is 5.88 Å². The lowest BCUT2D eigenvalue weighted by atomic mass is 9.84. The van der Waals surface area contributed by atoms with Crippen LogP contribution in [0, 0.1) is 10.8 Å². The Balaban J connectivity index is 2.24. The van der Waals surface area contributed by atoms with E-state index in [9.17, 15) is 14.7 Å². The zero-order valence-electron chi connectivity index (χ0n) is 19.9. The molecule has 2 aromatic heterocycles. The van der Waals surface area contributed by atoms with Crippen molar-refractivity contribution >= 4 is 23.3 Å². The number of nitrogens with zero attached hydrogens (tertiary/aromatic N) is 3. The number of aliphatic hydroxyl groups is 1. The van der Waals surface area contributed by atoms with Gasteiger partial charge in [-0.2, -0.15) is 5.10 Å². The molecular formula is C23H33N7O3. The second-order valence-electron chi connectivity index (χ2n) is 8.87. The summed E-state index contributed by atoms with van der Waals surface area (Å²) in [5.41, 5.74) is 12.8. The molecule has 33 heavy (non-hydrogen) atoms. The van der Waals surface area contributed by atoms with Crippen molar-refractivity contribution in [3.63, 3.8) is 0 Å². The Hall–Kier alpha value is -3.69. The van der Waals surface area contributed by atoms with Gasteiger partial charge in [0, 0.05) is 35.0 Å². The van der Waals surface area contributed by atoms with E-state index in [0.717, 1.165) is 6.42 Å². The summed E-state index contributed by atoms with van der Waals surface area (Å²) in [5.74, 6) is -2.06. The van der Waals surface area contributed by atoms with Gasteiger partial charge in [-0.1, -0.05) is 20.8 Å². The number of nitrogens with one attached hydrogen (secondary N) is 2. The summed E-state index contributed by atoms with van der Waals surface area (Å²) in [6.45, 7) is 11.1. The van der Waals surface area contributed by atoms with Crippen molar-refractivity contribution in [3.8, 4) is 11.3 Å². The van der Waals surface area contributed by atoms with Crippen molar-refractivity contribution in [1.82, 2.24) is 20.1 Å². The smallest absolute Gasteiger partial charge is 0.254 e. The van der Waals surface area contributed by atoms with Crippen molar-refractivity contribution in [3.05, 3.63) is 41.5 Å². The highest BCUT2D eigenvalue weighted by atomic mass is 16.3. The van der Waals surface area contributed by atoms with Crippen LogP contribution in [0.25, 0.3) is 11.3 Å². The number of pyridine rings is 1. The first-order chi connectivity index (χ1) is 15.3. The summed E-state index contributed by atoms with van der Waals surface area (Å²) >= 11 is 0. The Labute approximate surface area is 193 Å². The first-order valence-corrected chi connectivity index (χ1v) is 10.7. The number of carbonyl (C=O) groups is 2. The number of aromatic nitrogens is 3. The Kier molecular flexibility index (Phi) is 7.63. The van der Waals surface area contributed by atoms with Gasteiger partial charge in [-0.05, 0) is 39.3 Å². The first-order valence-electron chi connectivity index (χ1n) is 10.7. The lowest BCUT2D eigenvalue weighted by Gasteiger charge is -2.21. The quantitative estimate of drug-likeness (QED) is 0.286. The zero-order valence-corrected chi connectivity index (χ0v) is 19.9. The normalized spacial score (nSPS) is 13.1. The topological polar surface area (TPSA) is 173 Å². The molecule has 10 heteroatoms. The molecule has 0 radical (unpaired) electrons. The number of nitrogen functional groups attached to an aromatic ring is 1. The van der Waals surface area contributed by atoms with E-state index in [0.29, 0.717) is 17.0 Å². The number of hydrogen-bond donors (Lipinski definition) is 5. The molecule has 2 aromatic rings. The Morgan fingerprint density at radius 2 is 1.94 bits per heavy atom. The van der Waals surface area contributed by atoms with Gasteiger partial charge in [-0.25, -0.2) is 4.68 Å². The molecule has 0 spiro atoms. The van der Waals surface area contributed by atoms with Gasteiger partial charge >= 0.3 is 0 Å².